The summed E-state index contributed by atoms with van der Waals surface area (Å²) in [5, 5.41) is 6.33. The van der Waals surface area contributed by atoms with Crippen molar-refractivity contribution < 1.29 is 9.21 Å². The molecule has 1 aromatic heterocycles. The van der Waals surface area contributed by atoms with Crippen LogP contribution in [0.1, 0.15) is 32.4 Å². The maximum atomic E-state index is 12.3. The number of nitrogens with one attached hydrogen (secondary N) is 2. The molecule has 0 bridgehead atoms. The maximum absolute atomic E-state index is 12.3. The van der Waals surface area contributed by atoms with Gasteiger partial charge < -0.3 is 15.1 Å². The molecule has 1 unspecified atom stereocenters. The summed E-state index contributed by atoms with van der Waals surface area (Å²) in [6.45, 7) is 6.53. The van der Waals surface area contributed by atoms with Crippen molar-refractivity contribution in [1.82, 2.24) is 10.6 Å². The van der Waals surface area contributed by atoms with E-state index < -0.39 is 0 Å². The van der Waals surface area contributed by atoms with Gasteiger partial charge in [-0.2, -0.15) is 0 Å². The van der Waals surface area contributed by atoms with Crippen molar-refractivity contribution in [3.63, 3.8) is 0 Å². The minimum absolute atomic E-state index is 0.104. The lowest BCUT2D eigenvalue weighted by Gasteiger charge is -2.35. The molecule has 2 rings (SSSR count). The Morgan fingerprint density at radius 1 is 1.61 bits per heavy atom. The second-order valence-corrected chi connectivity index (χ2v) is 5.53. The molecule has 1 aliphatic rings. The number of amides is 1. The number of piperidine rings is 1. The van der Waals surface area contributed by atoms with Gasteiger partial charge in [0.1, 0.15) is 5.76 Å². The Kier molecular flexibility index (Phi) is 4.07. The summed E-state index contributed by atoms with van der Waals surface area (Å²) < 4.78 is 5.21. The van der Waals surface area contributed by atoms with Crippen LogP contribution in [0.25, 0.3) is 0 Å². The molecule has 1 amide bonds. The molecule has 0 radical (unpaired) electrons. The Morgan fingerprint density at radius 2 is 2.44 bits per heavy atom. The smallest absolute Gasteiger partial charge is 0.226 e. The quantitative estimate of drug-likeness (QED) is 0.858. The van der Waals surface area contributed by atoms with Gasteiger partial charge in [0.15, 0.2) is 0 Å². The molecule has 1 atom stereocenters. The summed E-state index contributed by atoms with van der Waals surface area (Å²) in [4.78, 5) is 12.3. The third-order valence-electron chi connectivity index (χ3n) is 3.91. The highest BCUT2D eigenvalue weighted by Gasteiger charge is 2.37. The Labute approximate surface area is 108 Å². The zero-order chi connectivity index (χ0) is 13.0. The normalized spacial score (nSPS) is 20.7. The van der Waals surface area contributed by atoms with Gasteiger partial charge in [0.25, 0.3) is 0 Å². The van der Waals surface area contributed by atoms with Gasteiger partial charge in [0.2, 0.25) is 5.91 Å². The van der Waals surface area contributed by atoms with Gasteiger partial charge in [-0.15, -0.1) is 0 Å². The number of hydrogen-bond acceptors (Lipinski definition) is 3. The third kappa shape index (κ3) is 2.93. The standard InChI is InChI=1S/C14H22N2O2/c1-14(2,11-5-3-7-15-9-11)13(17)16-10-12-6-4-8-18-12/h4,6,8,11,15H,3,5,7,9-10H2,1-2H3,(H,16,17). The van der Waals surface area contributed by atoms with E-state index in [9.17, 15) is 4.79 Å². The Morgan fingerprint density at radius 3 is 3.06 bits per heavy atom. The molecule has 100 valence electrons. The van der Waals surface area contributed by atoms with Gasteiger partial charge in [-0.25, -0.2) is 0 Å². The van der Waals surface area contributed by atoms with Crippen molar-refractivity contribution in [1.29, 1.82) is 0 Å². The van der Waals surface area contributed by atoms with Gasteiger partial charge in [0.05, 0.1) is 12.8 Å². The Balaban J connectivity index is 1.89. The van der Waals surface area contributed by atoms with Crippen LogP contribution in [0.15, 0.2) is 22.8 Å². The first-order chi connectivity index (χ1) is 8.60. The van der Waals surface area contributed by atoms with Crippen LogP contribution >= 0.6 is 0 Å². The Bertz CT molecular complexity index is 379. The topological polar surface area (TPSA) is 54.3 Å². The van der Waals surface area contributed by atoms with Gasteiger partial charge >= 0.3 is 0 Å². The van der Waals surface area contributed by atoms with Crippen molar-refractivity contribution in [2.75, 3.05) is 13.1 Å². The molecule has 2 heterocycles. The number of hydrogen-bond donors (Lipinski definition) is 2. The van der Waals surface area contributed by atoms with Crippen LogP contribution in [0.3, 0.4) is 0 Å². The third-order valence-corrected chi connectivity index (χ3v) is 3.91. The van der Waals surface area contributed by atoms with E-state index in [0.29, 0.717) is 12.5 Å². The lowest BCUT2D eigenvalue weighted by molar-refractivity contribution is -0.132. The molecule has 1 aromatic rings. The molecule has 4 nitrogen and oxygen atoms in total. The van der Waals surface area contributed by atoms with Crippen LogP contribution in [-0.4, -0.2) is 19.0 Å². The van der Waals surface area contributed by atoms with Crippen LogP contribution in [0.5, 0.6) is 0 Å². The van der Waals surface area contributed by atoms with Crippen LogP contribution < -0.4 is 10.6 Å². The fourth-order valence-electron chi connectivity index (χ4n) is 2.46. The first kappa shape index (κ1) is 13.1. The van der Waals surface area contributed by atoms with E-state index in [1.165, 1.54) is 0 Å². The minimum Gasteiger partial charge on any atom is -0.467 e. The summed E-state index contributed by atoms with van der Waals surface area (Å²) in [5.74, 6) is 1.30. The first-order valence-corrected chi connectivity index (χ1v) is 6.62. The minimum atomic E-state index is -0.333. The largest absolute Gasteiger partial charge is 0.467 e. The van der Waals surface area contributed by atoms with E-state index in [1.807, 2.05) is 26.0 Å². The summed E-state index contributed by atoms with van der Waals surface area (Å²) in [6.07, 6.45) is 3.89. The lowest BCUT2D eigenvalue weighted by Crippen LogP contribution is -2.47. The summed E-state index contributed by atoms with van der Waals surface area (Å²) in [6, 6.07) is 3.70. The molecule has 18 heavy (non-hydrogen) atoms. The molecule has 2 N–H and O–H groups in total. The molecule has 0 saturated carbocycles. The highest BCUT2D eigenvalue weighted by Crippen LogP contribution is 2.31. The fraction of sp³-hybridized carbons (Fsp3) is 0.643. The SMILES string of the molecule is CC(C)(C(=O)NCc1ccco1)C1CCCNC1. The van der Waals surface area contributed by atoms with Crippen LogP contribution in [0.2, 0.25) is 0 Å². The molecule has 1 aliphatic heterocycles. The molecule has 0 aromatic carbocycles. The predicted molar refractivity (Wildman–Crippen MR) is 69.9 cm³/mol. The average Bonchev–Trinajstić information content (AvgIpc) is 2.90. The van der Waals surface area contributed by atoms with Gasteiger partial charge in [0, 0.05) is 5.41 Å². The molecule has 4 heteroatoms. The summed E-state index contributed by atoms with van der Waals surface area (Å²) >= 11 is 0. The van der Waals surface area contributed by atoms with Crippen LogP contribution in [0, 0.1) is 11.3 Å². The van der Waals surface area contributed by atoms with Crippen molar-refractivity contribution >= 4 is 5.91 Å². The van der Waals surface area contributed by atoms with Gasteiger partial charge in [-0.3, -0.25) is 4.79 Å². The number of carbonyl (C=O) groups excluding carboxylic acids is 1. The molecule has 1 fully saturated rings. The van der Waals surface area contributed by atoms with Crippen molar-refractivity contribution in [3.05, 3.63) is 24.2 Å². The van der Waals surface area contributed by atoms with E-state index in [4.69, 9.17) is 4.42 Å². The van der Waals surface area contributed by atoms with E-state index in [2.05, 4.69) is 10.6 Å². The Hall–Kier alpha value is -1.29. The molecule has 0 aliphatic carbocycles. The summed E-state index contributed by atoms with van der Waals surface area (Å²) in [7, 11) is 0. The zero-order valence-corrected chi connectivity index (χ0v) is 11.2. The molecular formula is C14H22N2O2. The van der Waals surface area contributed by atoms with Gasteiger partial charge in [-0.1, -0.05) is 13.8 Å². The van der Waals surface area contributed by atoms with Crippen molar-refractivity contribution in [2.45, 2.75) is 33.2 Å². The number of carbonyl (C=O) groups is 1. The van der Waals surface area contributed by atoms with E-state index >= 15 is 0 Å². The highest BCUT2D eigenvalue weighted by molar-refractivity contribution is 5.82. The second kappa shape index (κ2) is 5.57. The first-order valence-electron chi connectivity index (χ1n) is 6.62. The molecular weight excluding hydrogens is 228 g/mol. The van der Waals surface area contributed by atoms with Crippen LogP contribution in [-0.2, 0) is 11.3 Å². The van der Waals surface area contributed by atoms with Crippen molar-refractivity contribution in [3.8, 4) is 0 Å². The molecule has 1 saturated heterocycles. The second-order valence-electron chi connectivity index (χ2n) is 5.53. The number of furan rings is 1. The number of rotatable bonds is 4. The van der Waals surface area contributed by atoms with Crippen molar-refractivity contribution in [2.24, 2.45) is 11.3 Å². The highest BCUT2D eigenvalue weighted by atomic mass is 16.3. The maximum Gasteiger partial charge on any atom is 0.226 e. The molecule has 0 spiro atoms. The van der Waals surface area contributed by atoms with E-state index in [0.717, 1.165) is 31.7 Å². The van der Waals surface area contributed by atoms with Gasteiger partial charge in [-0.05, 0) is 44.0 Å². The lowest BCUT2D eigenvalue weighted by atomic mass is 9.74. The monoisotopic (exact) mass is 250 g/mol. The van der Waals surface area contributed by atoms with E-state index in [1.54, 1.807) is 6.26 Å². The predicted octanol–water partition coefficient (Wildman–Crippen LogP) is 1.92. The fourth-order valence-corrected chi connectivity index (χ4v) is 2.46. The average molecular weight is 250 g/mol. The zero-order valence-electron chi connectivity index (χ0n) is 11.2. The van der Waals surface area contributed by atoms with Crippen LogP contribution in [0.4, 0.5) is 0 Å². The van der Waals surface area contributed by atoms with E-state index in [-0.39, 0.29) is 11.3 Å². The summed E-state index contributed by atoms with van der Waals surface area (Å²) in [5.41, 5.74) is -0.333.